The molecule has 2 aliphatic rings. The molecule has 0 atom stereocenters. The quantitative estimate of drug-likeness (QED) is 0.754. The van der Waals surface area contributed by atoms with Crippen molar-refractivity contribution in [1.82, 2.24) is 0 Å². The minimum absolute atomic E-state index is 0.00381. The Kier molecular flexibility index (Phi) is 5.48. The Hall–Kier alpha value is -1.88. The maximum atomic E-state index is 6.25. The Bertz CT molecular complexity index is 727. The van der Waals surface area contributed by atoms with Crippen molar-refractivity contribution < 1.29 is 18.9 Å². The SMILES string of the molecule is COc1ccccc1COCC1(c2ccccc2)CCC2(CC1)OCCO2. The molecule has 0 radical (unpaired) electrons. The van der Waals surface area contributed by atoms with Crippen molar-refractivity contribution in [2.45, 2.75) is 43.5 Å². The molecule has 1 aliphatic heterocycles. The fourth-order valence-electron chi connectivity index (χ4n) is 4.38. The zero-order chi connectivity index (χ0) is 18.6. The molecule has 144 valence electrons. The van der Waals surface area contributed by atoms with E-state index in [1.807, 2.05) is 18.2 Å². The third-order valence-electron chi connectivity index (χ3n) is 6.00. The van der Waals surface area contributed by atoms with E-state index in [0.717, 1.165) is 37.0 Å². The number of hydrogen-bond donors (Lipinski definition) is 0. The molecule has 0 bridgehead atoms. The van der Waals surface area contributed by atoms with Crippen LogP contribution in [0.1, 0.15) is 36.8 Å². The summed E-state index contributed by atoms with van der Waals surface area (Å²) < 4.78 is 23.6. The van der Waals surface area contributed by atoms with Crippen molar-refractivity contribution in [2.75, 3.05) is 26.9 Å². The Morgan fingerprint density at radius 1 is 0.852 bits per heavy atom. The van der Waals surface area contributed by atoms with Crippen molar-refractivity contribution in [3.8, 4) is 5.75 Å². The molecule has 0 N–H and O–H groups in total. The van der Waals surface area contributed by atoms with Gasteiger partial charge in [0.1, 0.15) is 5.75 Å². The second kappa shape index (κ2) is 8.01. The van der Waals surface area contributed by atoms with E-state index < -0.39 is 0 Å². The number of benzene rings is 2. The fourth-order valence-corrected chi connectivity index (χ4v) is 4.38. The van der Waals surface area contributed by atoms with E-state index in [2.05, 4.69) is 36.4 Å². The number of ether oxygens (including phenoxy) is 4. The predicted octanol–water partition coefficient (Wildman–Crippen LogP) is 4.47. The maximum Gasteiger partial charge on any atom is 0.168 e. The van der Waals surface area contributed by atoms with Gasteiger partial charge in [-0.05, 0) is 24.5 Å². The number of rotatable bonds is 6. The fraction of sp³-hybridized carbons (Fsp3) is 0.478. The van der Waals surface area contributed by atoms with Crippen LogP contribution in [0.4, 0.5) is 0 Å². The molecule has 0 unspecified atom stereocenters. The Morgan fingerprint density at radius 2 is 1.52 bits per heavy atom. The molecule has 4 nitrogen and oxygen atoms in total. The topological polar surface area (TPSA) is 36.9 Å². The molecule has 2 aromatic rings. The van der Waals surface area contributed by atoms with Gasteiger partial charge in [-0.15, -0.1) is 0 Å². The summed E-state index contributed by atoms with van der Waals surface area (Å²) in [5.41, 5.74) is 2.43. The highest BCUT2D eigenvalue weighted by atomic mass is 16.7. The normalized spacial score (nSPS) is 20.6. The third-order valence-corrected chi connectivity index (χ3v) is 6.00. The van der Waals surface area contributed by atoms with Gasteiger partial charge in [-0.1, -0.05) is 48.5 Å². The van der Waals surface area contributed by atoms with Crippen molar-refractivity contribution in [3.05, 3.63) is 65.7 Å². The molecule has 4 heteroatoms. The van der Waals surface area contributed by atoms with Crippen LogP contribution in [0.5, 0.6) is 5.75 Å². The van der Waals surface area contributed by atoms with E-state index in [1.165, 1.54) is 5.56 Å². The lowest BCUT2D eigenvalue weighted by atomic mass is 9.68. The molecular weight excluding hydrogens is 340 g/mol. The lowest BCUT2D eigenvalue weighted by molar-refractivity contribution is -0.188. The van der Waals surface area contributed by atoms with Crippen LogP contribution in [-0.4, -0.2) is 32.7 Å². The first-order valence-corrected chi connectivity index (χ1v) is 9.78. The molecule has 2 fully saturated rings. The summed E-state index contributed by atoms with van der Waals surface area (Å²) in [6, 6.07) is 18.8. The zero-order valence-corrected chi connectivity index (χ0v) is 16.0. The highest BCUT2D eigenvalue weighted by Crippen LogP contribution is 2.46. The summed E-state index contributed by atoms with van der Waals surface area (Å²) in [4.78, 5) is 0. The standard InChI is InChI=1S/C23H28O4/c1-24-21-10-6-5-7-19(21)17-25-18-22(20-8-3-2-4-9-20)11-13-23(14-12-22)26-15-16-27-23/h2-10H,11-18H2,1H3. The van der Waals surface area contributed by atoms with E-state index in [-0.39, 0.29) is 11.2 Å². The minimum atomic E-state index is -0.360. The van der Waals surface area contributed by atoms with E-state index in [0.29, 0.717) is 26.4 Å². The van der Waals surface area contributed by atoms with Crippen molar-refractivity contribution >= 4 is 0 Å². The van der Waals surface area contributed by atoms with Gasteiger partial charge < -0.3 is 18.9 Å². The van der Waals surface area contributed by atoms with Crippen LogP contribution in [0.3, 0.4) is 0 Å². The molecule has 1 heterocycles. The molecule has 1 saturated heterocycles. The summed E-state index contributed by atoms with van der Waals surface area (Å²) in [5.74, 6) is 0.516. The van der Waals surface area contributed by atoms with Crippen LogP contribution in [-0.2, 0) is 26.2 Å². The van der Waals surface area contributed by atoms with Crippen molar-refractivity contribution in [2.24, 2.45) is 0 Å². The second-order valence-corrected chi connectivity index (χ2v) is 7.56. The van der Waals surface area contributed by atoms with Crippen LogP contribution in [0.15, 0.2) is 54.6 Å². The van der Waals surface area contributed by atoms with Crippen molar-refractivity contribution in [3.63, 3.8) is 0 Å². The van der Waals surface area contributed by atoms with Crippen LogP contribution in [0.2, 0.25) is 0 Å². The van der Waals surface area contributed by atoms with Gasteiger partial charge in [-0.3, -0.25) is 0 Å². The summed E-state index contributed by atoms with van der Waals surface area (Å²) in [5, 5.41) is 0. The molecule has 1 spiro atoms. The number of hydrogen-bond acceptors (Lipinski definition) is 4. The number of para-hydroxylation sites is 1. The molecule has 2 aromatic carbocycles. The molecule has 1 aliphatic carbocycles. The maximum absolute atomic E-state index is 6.25. The molecule has 0 aromatic heterocycles. The van der Waals surface area contributed by atoms with Gasteiger partial charge in [0, 0.05) is 23.8 Å². The van der Waals surface area contributed by atoms with E-state index in [4.69, 9.17) is 18.9 Å². The van der Waals surface area contributed by atoms with Gasteiger partial charge in [0.15, 0.2) is 5.79 Å². The highest BCUT2D eigenvalue weighted by molar-refractivity contribution is 5.32. The summed E-state index contributed by atoms with van der Waals surface area (Å²) in [7, 11) is 1.70. The van der Waals surface area contributed by atoms with Crippen LogP contribution in [0, 0.1) is 0 Å². The monoisotopic (exact) mass is 368 g/mol. The minimum Gasteiger partial charge on any atom is -0.496 e. The van der Waals surface area contributed by atoms with Gasteiger partial charge in [0.25, 0.3) is 0 Å². The first-order valence-electron chi connectivity index (χ1n) is 9.78. The Balaban J connectivity index is 1.48. The molecule has 0 amide bonds. The van der Waals surface area contributed by atoms with E-state index >= 15 is 0 Å². The Labute approximate surface area is 161 Å². The van der Waals surface area contributed by atoms with Gasteiger partial charge in [0.2, 0.25) is 0 Å². The molecular formula is C23H28O4. The van der Waals surface area contributed by atoms with E-state index in [1.54, 1.807) is 7.11 Å². The Morgan fingerprint density at radius 3 is 2.22 bits per heavy atom. The van der Waals surface area contributed by atoms with Crippen LogP contribution in [0.25, 0.3) is 0 Å². The average Bonchev–Trinajstić information content (AvgIpc) is 3.19. The lowest BCUT2D eigenvalue weighted by Crippen LogP contribution is -2.44. The highest BCUT2D eigenvalue weighted by Gasteiger charge is 2.47. The summed E-state index contributed by atoms with van der Waals surface area (Å²) in [6.45, 7) is 2.66. The molecule has 1 saturated carbocycles. The second-order valence-electron chi connectivity index (χ2n) is 7.56. The third kappa shape index (κ3) is 3.88. The van der Waals surface area contributed by atoms with Gasteiger partial charge >= 0.3 is 0 Å². The van der Waals surface area contributed by atoms with Gasteiger partial charge in [-0.2, -0.15) is 0 Å². The van der Waals surface area contributed by atoms with Crippen LogP contribution >= 0.6 is 0 Å². The summed E-state index contributed by atoms with van der Waals surface area (Å²) >= 11 is 0. The number of methoxy groups -OCH3 is 1. The molecule has 4 rings (SSSR count). The summed E-state index contributed by atoms with van der Waals surface area (Å²) in [6.07, 6.45) is 3.84. The smallest absolute Gasteiger partial charge is 0.168 e. The van der Waals surface area contributed by atoms with E-state index in [9.17, 15) is 0 Å². The van der Waals surface area contributed by atoms with Gasteiger partial charge in [0.05, 0.1) is 33.5 Å². The zero-order valence-electron chi connectivity index (χ0n) is 16.0. The average molecular weight is 368 g/mol. The molecule has 27 heavy (non-hydrogen) atoms. The first-order chi connectivity index (χ1) is 13.3. The van der Waals surface area contributed by atoms with Crippen molar-refractivity contribution in [1.29, 1.82) is 0 Å². The largest absolute Gasteiger partial charge is 0.496 e. The first kappa shape index (κ1) is 18.5. The van der Waals surface area contributed by atoms with Gasteiger partial charge in [-0.25, -0.2) is 0 Å². The lowest BCUT2D eigenvalue weighted by Gasteiger charge is -2.44. The van der Waals surface area contributed by atoms with Crippen LogP contribution < -0.4 is 4.74 Å². The predicted molar refractivity (Wildman–Crippen MR) is 104 cm³/mol.